The van der Waals surface area contributed by atoms with Crippen molar-refractivity contribution in [3.63, 3.8) is 0 Å². The predicted octanol–water partition coefficient (Wildman–Crippen LogP) is 4.26. The Balaban J connectivity index is 1.59. The highest BCUT2D eigenvalue weighted by molar-refractivity contribution is 6.42. The molecule has 8 heteroatoms. The summed E-state index contributed by atoms with van der Waals surface area (Å²) in [6.07, 6.45) is 1.52. The maximum Gasteiger partial charge on any atom is 0.339 e. The highest BCUT2D eigenvalue weighted by Crippen LogP contribution is 2.28. The molecular weight excluding hydrogens is 427 g/mol. The number of hydrogen-bond donors (Lipinski definition) is 0. The second-order valence-electron chi connectivity index (χ2n) is 6.77. The first-order valence-electron chi connectivity index (χ1n) is 9.13. The number of hydrogen-bond acceptors (Lipinski definition) is 4. The van der Waals surface area contributed by atoms with Gasteiger partial charge in [-0.2, -0.15) is 0 Å². The minimum absolute atomic E-state index is 0.0286. The topological polar surface area (TPSA) is 68.6 Å². The lowest BCUT2D eigenvalue weighted by atomic mass is 10.1. The van der Waals surface area contributed by atoms with Crippen LogP contribution in [0, 0.1) is 0 Å². The van der Waals surface area contributed by atoms with E-state index in [4.69, 9.17) is 27.9 Å². The van der Waals surface area contributed by atoms with Gasteiger partial charge < -0.3 is 9.30 Å². The molecule has 1 unspecified atom stereocenters. The third kappa shape index (κ3) is 3.84. The summed E-state index contributed by atoms with van der Waals surface area (Å²) in [7, 11) is 0. The minimum Gasteiger partial charge on any atom is -0.459 e. The van der Waals surface area contributed by atoms with E-state index in [-0.39, 0.29) is 18.8 Å². The van der Waals surface area contributed by atoms with Gasteiger partial charge in [0.1, 0.15) is 12.3 Å². The van der Waals surface area contributed by atoms with Gasteiger partial charge in [-0.25, -0.2) is 4.79 Å². The third-order valence-electron chi connectivity index (χ3n) is 4.79. The molecule has 1 aliphatic heterocycles. The fourth-order valence-corrected chi connectivity index (χ4v) is 3.62. The molecule has 0 saturated carbocycles. The van der Waals surface area contributed by atoms with Crippen LogP contribution >= 0.6 is 23.2 Å². The van der Waals surface area contributed by atoms with Crippen LogP contribution < -0.4 is 0 Å². The van der Waals surface area contributed by atoms with Gasteiger partial charge in [-0.05, 0) is 35.4 Å². The van der Waals surface area contributed by atoms with Crippen LogP contribution in [0.3, 0.4) is 0 Å². The van der Waals surface area contributed by atoms with Crippen molar-refractivity contribution in [2.45, 2.75) is 19.2 Å². The molecule has 30 heavy (non-hydrogen) atoms. The molecule has 0 saturated heterocycles. The molecule has 0 bridgehead atoms. The van der Waals surface area contributed by atoms with E-state index < -0.39 is 23.8 Å². The van der Waals surface area contributed by atoms with E-state index in [0.717, 1.165) is 10.5 Å². The van der Waals surface area contributed by atoms with Gasteiger partial charge in [-0.3, -0.25) is 14.5 Å². The van der Waals surface area contributed by atoms with Crippen molar-refractivity contribution in [3.8, 4) is 0 Å². The lowest BCUT2D eigenvalue weighted by Gasteiger charge is -2.31. The van der Waals surface area contributed by atoms with Crippen LogP contribution in [0.15, 0.2) is 66.9 Å². The number of carbonyl (C=O) groups is 3. The van der Waals surface area contributed by atoms with Crippen LogP contribution in [0.2, 0.25) is 10.0 Å². The lowest BCUT2D eigenvalue weighted by Crippen LogP contribution is -2.49. The first-order valence-corrected chi connectivity index (χ1v) is 9.88. The van der Waals surface area contributed by atoms with E-state index in [9.17, 15) is 14.4 Å². The maximum absolute atomic E-state index is 13.1. The largest absolute Gasteiger partial charge is 0.459 e. The number of halogens is 2. The summed E-state index contributed by atoms with van der Waals surface area (Å²) in [5.41, 5.74) is 1.64. The van der Waals surface area contributed by atoms with Gasteiger partial charge in [-0.15, -0.1) is 0 Å². The molecule has 4 rings (SSSR count). The fourth-order valence-electron chi connectivity index (χ4n) is 3.30. The zero-order valence-corrected chi connectivity index (χ0v) is 17.1. The summed E-state index contributed by atoms with van der Waals surface area (Å²) in [4.78, 5) is 39.8. The van der Waals surface area contributed by atoms with Gasteiger partial charge in [0, 0.05) is 6.20 Å². The molecular formula is C22H16Cl2N2O4. The van der Waals surface area contributed by atoms with Gasteiger partial charge in [0.25, 0.3) is 11.8 Å². The quantitative estimate of drug-likeness (QED) is 0.336. The molecule has 2 amide bonds. The Kier molecular flexibility index (Phi) is 5.61. The zero-order chi connectivity index (χ0) is 21.3. The number of carbonyl (C=O) groups excluding carboxylic acids is 3. The third-order valence-corrected chi connectivity index (χ3v) is 5.53. The van der Waals surface area contributed by atoms with E-state index in [1.165, 1.54) is 10.8 Å². The van der Waals surface area contributed by atoms with Gasteiger partial charge in [-0.1, -0.05) is 59.6 Å². The second kappa shape index (κ2) is 8.34. The van der Waals surface area contributed by atoms with Crippen molar-refractivity contribution in [1.29, 1.82) is 0 Å². The molecule has 2 heterocycles. The molecule has 1 aliphatic rings. The van der Waals surface area contributed by atoms with Gasteiger partial charge >= 0.3 is 5.97 Å². The van der Waals surface area contributed by atoms with Crippen LogP contribution in [0.1, 0.15) is 27.7 Å². The highest BCUT2D eigenvalue weighted by Gasteiger charge is 2.43. The van der Waals surface area contributed by atoms with Crippen molar-refractivity contribution >= 4 is 41.0 Å². The summed E-state index contributed by atoms with van der Waals surface area (Å²) < 4.78 is 6.73. The average Bonchev–Trinajstić information content (AvgIpc) is 3.22. The Labute approximate surface area is 182 Å². The second-order valence-corrected chi connectivity index (χ2v) is 7.59. The Bertz CT molecular complexity index is 1130. The number of esters is 1. The number of benzene rings is 2. The molecule has 0 aliphatic carbocycles. The number of rotatable bonds is 5. The Morgan fingerprint density at radius 3 is 2.43 bits per heavy atom. The first-order chi connectivity index (χ1) is 14.5. The monoisotopic (exact) mass is 442 g/mol. The number of amides is 2. The van der Waals surface area contributed by atoms with E-state index in [1.807, 2.05) is 30.3 Å². The molecule has 0 N–H and O–H groups in total. The van der Waals surface area contributed by atoms with Crippen LogP contribution in [-0.2, 0) is 27.5 Å². The summed E-state index contributed by atoms with van der Waals surface area (Å²) in [6, 6.07) is 15.9. The standard InChI is InChI=1S/C22H16Cl2N2O4/c23-16-9-8-15(11-17(16)24)12-26-20(27)18-7-4-10-25(18)19(21(26)28)22(29)30-13-14-5-2-1-3-6-14/h1-11,19H,12-13H2. The molecule has 1 aromatic heterocycles. The van der Waals surface area contributed by atoms with E-state index in [0.29, 0.717) is 15.6 Å². The number of fused-ring (bicyclic) bond motifs is 1. The smallest absolute Gasteiger partial charge is 0.339 e. The van der Waals surface area contributed by atoms with Gasteiger partial charge in [0.15, 0.2) is 0 Å². The Hall–Kier alpha value is -3.09. The highest BCUT2D eigenvalue weighted by atomic mass is 35.5. The molecule has 0 spiro atoms. The van der Waals surface area contributed by atoms with Crippen molar-refractivity contribution in [1.82, 2.24) is 9.47 Å². The summed E-state index contributed by atoms with van der Waals surface area (Å²) in [5.74, 6) is -1.89. The molecule has 1 atom stereocenters. The minimum atomic E-state index is -1.28. The number of nitrogens with zero attached hydrogens (tertiary/aromatic N) is 2. The van der Waals surface area contributed by atoms with E-state index >= 15 is 0 Å². The molecule has 3 aromatic rings. The van der Waals surface area contributed by atoms with Crippen molar-refractivity contribution in [3.05, 3.63) is 93.7 Å². The van der Waals surface area contributed by atoms with Crippen molar-refractivity contribution in [2.24, 2.45) is 0 Å². The van der Waals surface area contributed by atoms with E-state index in [1.54, 1.807) is 30.3 Å². The van der Waals surface area contributed by atoms with Crippen molar-refractivity contribution < 1.29 is 19.1 Å². The molecule has 152 valence electrons. The molecule has 2 aromatic carbocycles. The number of aromatic nitrogens is 1. The molecule has 6 nitrogen and oxygen atoms in total. The first kappa shape index (κ1) is 20.2. The number of imide groups is 1. The Morgan fingerprint density at radius 1 is 0.933 bits per heavy atom. The van der Waals surface area contributed by atoms with Gasteiger partial charge in [0.05, 0.1) is 16.6 Å². The normalized spacial score (nSPS) is 15.8. The number of ether oxygens (including phenoxy) is 1. The van der Waals surface area contributed by atoms with Crippen LogP contribution in [0.4, 0.5) is 0 Å². The zero-order valence-electron chi connectivity index (χ0n) is 15.6. The predicted molar refractivity (Wildman–Crippen MR) is 111 cm³/mol. The fraction of sp³-hybridized carbons (Fsp3) is 0.136. The average molecular weight is 443 g/mol. The summed E-state index contributed by atoms with van der Waals surface area (Å²) in [5, 5.41) is 0.682. The van der Waals surface area contributed by atoms with Crippen LogP contribution in [0.25, 0.3) is 0 Å². The van der Waals surface area contributed by atoms with Crippen LogP contribution in [-0.4, -0.2) is 27.3 Å². The lowest BCUT2D eigenvalue weighted by molar-refractivity contribution is -0.155. The van der Waals surface area contributed by atoms with Crippen molar-refractivity contribution in [2.75, 3.05) is 0 Å². The SMILES string of the molecule is O=C(OCc1ccccc1)C1C(=O)N(Cc2ccc(Cl)c(Cl)c2)C(=O)c2cccn21. The van der Waals surface area contributed by atoms with E-state index in [2.05, 4.69) is 0 Å². The van der Waals surface area contributed by atoms with Crippen LogP contribution in [0.5, 0.6) is 0 Å². The molecule has 0 fully saturated rings. The summed E-state index contributed by atoms with van der Waals surface area (Å²) in [6.45, 7) is -0.0109. The maximum atomic E-state index is 13.1. The molecule has 0 radical (unpaired) electrons. The Morgan fingerprint density at radius 2 is 1.70 bits per heavy atom. The summed E-state index contributed by atoms with van der Waals surface area (Å²) >= 11 is 12.0. The van der Waals surface area contributed by atoms with Gasteiger partial charge in [0.2, 0.25) is 6.04 Å².